The molecule has 0 amide bonds. The lowest BCUT2D eigenvalue weighted by atomic mass is 15.7. The van der Waals surface area contributed by atoms with E-state index < -0.39 is 40.0 Å². The second kappa shape index (κ2) is 6.78. The monoisotopic (exact) mass is 202 g/mol. The van der Waals surface area contributed by atoms with Crippen molar-refractivity contribution in [1.29, 1.82) is 0 Å². The molecular formula is H10O5Si4. The maximum Gasteiger partial charge on any atom is 0.286 e. The van der Waals surface area contributed by atoms with Crippen LogP contribution in [0.15, 0.2) is 0 Å². The fourth-order valence-corrected chi connectivity index (χ4v) is 7.59. The summed E-state index contributed by atoms with van der Waals surface area (Å²) in [6.07, 6.45) is 0. The van der Waals surface area contributed by atoms with Gasteiger partial charge < -0.3 is 21.9 Å². The maximum absolute atomic E-state index is 5.10. The Morgan fingerprint density at radius 1 is 0.556 bits per heavy atom. The molecule has 0 atom stereocenters. The van der Waals surface area contributed by atoms with Gasteiger partial charge in [0.15, 0.2) is 0 Å². The summed E-state index contributed by atoms with van der Waals surface area (Å²) in [5.41, 5.74) is 0. The van der Waals surface area contributed by atoms with Crippen LogP contribution < -0.4 is 0 Å². The third-order valence-corrected chi connectivity index (χ3v) is 6.00. The molecule has 0 aromatic heterocycles. The molecule has 0 spiro atoms. The first-order valence-corrected chi connectivity index (χ1v) is 6.93. The summed E-state index contributed by atoms with van der Waals surface area (Å²) in [5, 5.41) is 0. The van der Waals surface area contributed by atoms with E-state index in [-0.39, 0.29) is 5.48 Å². The highest BCUT2D eigenvalue weighted by Crippen LogP contribution is 1.79. The van der Waals surface area contributed by atoms with E-state index in [1.54, 1.807) is 0 Å². The van der Waals surface area contributed by atoms with Gasteiger partial charge in [-0.15, -0.1) is 0 Å². The Morgan fingerprint density at radius 3 is 1.00 bits per heavy atom. The zero-order valence-corrected chi connectivity index (χ0v) is 10.6. The molecule has 56 valence electrons. The number of rotatable bonds is 0. The van der Waals surface area contributed by atoms with Crippen LogP contribution in [-0.4, -0.2) is 45.5 Å². The van der Waals surface area contributed by atoms with E-state index in [1.807, 2.05) is 0 Å². The first-order valence-electron chi connectivity index (χ1n) is 2.31. The molecule has 0 aliphatic carbocycles. The highest BCUT2D eigenvalue weighted by molar-refractivity contribution is 6.50. The highest BCUT2D eigenvalue weighted by atomic mass is 28.4. The highest BCUT2D eigenvalue weighted by Gasteiger charge is 1.97. The van der Waals surface area contributed by atoms with Gasteiger partial charge in [-0.3, -0.25) is 0 Å². The van der Waals surface area contributed by atoms with E-state index in [4.69, 9.17) is 16.5 Å². The van der Waals surface area contributed by atoms with Gasteiger partial charge in [-0.1, -0.05) is 0 Å². The van der Waals surface area contributed by atoms with Gasteiger partial charge in [0.25, 0.3) is 40.0 Å². The molecule has 5 nitrogen and oxygen atoms in total. The van der Waals surface area contributed by atoms with E-state index in [9.17, 15) is 0 Å². The summed E-state index contributed by atoms with van der Waals surface area (Å²) >= 11 is 0. The number of hydrogen-bond donors (Lipinski definition) is 0. The van der Waals surface area contributed by atoms with E-state index in [1.165, 1.54) is 0 Å². The van der Waals surface area contributed by atoms with Crippen LogP contribution >= 0.6 is 0 Å². The average molecular weight is 202 g/mol. The van der Waals surface area contributed by atoms with Crippen LogP contribution in [0.1, 0.15) is 0 Å². The molecule has 1 rings (SSSR count). The van der Waals surface area contributed by atoms with Gasteiger partial charge >= 0.3 is 0 Å². The van der Waals surface area contributed by atoms with Crippen LogP contribution in [0, 0.1) is 0 Å². The van der Waals surface area contributed by atoms with Crippen LogP contribution in [0.5, 0.6) is 0 Å². The Kier molecular flexibility index (Phi) is 7.29. The summed E-state index contributed by atoms with van der Waals surface area (Å²) < 4.78 is 20.4. The molecule has 0 aromatic carbocycles. The Morgan fingerprint density at radius 2 is 0.778 bits per heavy atom. The first-order chi connectivity index (χ1) is 4.00. The molecule has 0 radical (unpaired) electrons. The van der Waals surface area contributed by atoms with Crippen molar-refractivity contribution < 1.29 is 21.9 Å². The van der Waals surface area contributed by atoms with Crippen LogP contribution in [0.3, 0.4) is 0 Å². The van der Waals surface area contributed by atoms with Crippen LogP contribution in [0.25, 0.3) is 0 Å². The predicted octanol–water partition coefficient (Wildman–Crippen LogP) is -4.76. The molecule has 0 aromatic rings. The molecule has 1 saturated heterocycles. The molecule has 2 N–H and O–H groups in total. The second-order valence-electron chi connectivity index (χ2n) is 1.29. The van der Waals surface area contributed by atoms with E-state index in [0.717, 1.165) is 0 Å². The lowest BCUT2D eigenvalue weighted by Gasteiger charge is -2.10. The molecule has 1 aliphatic rings. The van der Waals surface area contributed by atoms with Crippen LogP contribution in [-0.2, 0) is 16.5 Å². The van der Waals surface area contributed by atoms with Crippen molar-refractivity contribution in [1.82, 2.24) is 0 Å². The number of hydrogen-bond acceptors (Lipinski definition) is 4. The first kappa shape index (κ1) is 9.67. The minimum absolute atomic E-state index is 0. The Labute approximate surface area is 62.6 Å². The van der Waals surface area contributed by atoms with Gasteiger partial charge in [-0.2, -0.15) is 0 Å². The largest absolute Gasteiger partial charge is 0.425 e. The van der Waals surface area contributed by atoms with Crippen molar-refractivity contribution in [2.24, 2.45) is 0 Å². The van der Waals surface area contributed by atoms with Crippen LogP contribution in [0.2, 0.25) is 0 Å². The lowest BCUT2D eigenvalue weighted by Crippen LogP contribution is -2.23. The molecule has 9 heavy (non-hydrogen) atoms. The zero-order valence-electron chi connectivity index (χ0n) is 4.96. The summed E-state index contributed by atoms with van der Waals surface area (Å²) in [7, 11) is -2.61. The van der Waals surface area contributed by atoms with Crippen molar-refractivity contribution in [3.8, 4) is 0 Å². The van der Waals surface area contributed by atoms with Crippen molar-refractivity contribution in [2.75, 3.05) is 0 Å². The standard InChI is InChI=1S/H8O4Si4.H2O/c1-5-2-7-4-8-3-6-1;/h5-8H2;1H2. The second-order valence-corrected chi connectivity index (χ2v) is 8.76. The predicted molar refractivity (Wildman–Crippen MR) is 42.1 cm³/mol. The van der Waals surface area contributed by atoms with Gasteiger partial charge in [0.2, 0.25) is 0 Å². The van der Waals surface area contributed by atoms with Crippen molar-refractivity contribution in [2.45, 2.75) is 0 Å². The molecule has 1 heterocycles. The normalized spacial score (nSPS) is 32.0. The van der Waals surface area contributed by atoms with Gasteiger partial charge in [0.1, 0.15) is 0 Å². The Hall–Kier alpha value is 0.668. The molecule has 1 aliphatic heterocycles. The lowest BCUT2D eigenvalue weighted by molar-refractivity contribution is 0.347. The topological polar surface area (TPSA) is 68.4 Å². The summed E-state index contributed by atoms with van der Waals surface area (Å²) in [4.78, 5) is 0. The quantitative estimate of drug-likeness (QED) is 0.370. The van der Waals surface area contributed by atoms with E-state index >= 15 is 0 Å². The van der Waals surface area contributed by atoms with E-state index in [2.05, 4.69) is 0 Å². The maximum atomic E-state index is 5.10. The molecule has 0 bridgehead atoms. The summed E-state index contributed by atoms with van der Waals surface area (Å²) in [5.74, 6) is 0. The fourth-order valence-electron chi connectivity index (χ4n) is 0.372. The van der Waals surface area contributed by atoms with Crippen LogP contribution in [0.4, 0.5) is 0 Å². The zero-order chi connectivity index (χ0) is 5.66. The minimum atomic E-state index is -0.653. The van der Waals surface area contributed by atoms with Crippen molar-refractivity contribution >= 4 is 40.0 Å². The molecular weight excluding hydrogens is 192 g/mol. The third-order valence-electron chi connectivity index (χ3n) is 0.667. The van der Waals surface area contributed by atoms with Gasteiger partial charge in [0.05, 0.1) is 0 Å². The molecule has 0 unspecified atom stereocenters. The van der Waals surface area contributed by atoms with E-state index in [0.29, 0.717) is 0 Å². The molecule has 9 heteroatoms. The SMILES string of the molecule is O.O1[SiH2]O[SiH2]O[SiH2]O[SiH2]1. The smallest absolute Gasteiger partial charge is 0.286 e. The van der Waals surface area contributed by atoms with Crippen molar-refractivity contribution in [3.63, 3.8) is 0 Å². The molecule has 1 fully saturated rings. The molecule has 0 saturated carbocycles. The minimum Gasteiger partial charge on any atom is -0.425 e. The van der Waals surface area contributed by atoms with Gasteiger partial charge in [-0.25, -0.2) is 0 Å². The van der Waals surface area contributed by atoms with Gasteiger partial charge in [-0.05, 0) is 0 Å². The summed E-state index contributed by atoms with van der Waals surface area (Å²) in [6.45, 7) is 0. The summed E-state index contributed by atoms with van der Waals surface area (Å²) in [6, 6.07) is 0. The van der Waals surface area contributed by atoms with Gasteiger partial charge in [0, 0.05) is 0 Å². The average Bonchev–Trinajstić information content (AvgIpc) is 1.62. The Balaban J connectivity index is 0.000000640. The Bertz CT molecular complexity index is 32.9. The van der Waals surface area contributed by atoms with Crippen molar-refractivity contribution in [3.05, 3.63) is 0 Å². The third kappa shape index (κ3) is 5.13. The fraction of sp³-hybridized carbons (Fsp3) is 0.